The van der Waals surface area contributed by atoms with E-state index in [0.29, 0.717) is 28.0 Å². The van der Waals surface area contributed by atoms with E-state index < -0.39 is 0 Å². The number of nitrogens with zero attached hydrogens (tertiary/aromatic N) is 1. The van der Waals surface area contributed by atoms with Crippen LogP contribution < -0.4 is 19.6 Å². The fourth-order valence-electron chi connectivity index (χ4n) is 2.16. The van der Waals surface area contributed by atoms with Crippen LogP contribution in [0.5, 0.6) is 17.2 Å². The topological polar surface area (TPSA) is 69.2 Å². The number of rotatable bonds is 7. The number of halogens is 1. The van der Waals surface area contributed by atoms with Crippen molar-refractivity contribution in [1.82, 2.24) is 5.43 Å². The van der Waals surface area contributed by atoms with Crippen LogP contribution >= 0.6 is 11.6 Å². The van der Waals surface area contributed by atoms with Crippen molar-refractivity contribution in [1.29, 1.82) is 0 Å². The molecule has 0 fully saturated rings. The molecule has 0 atom stereocenters. The summed E-state index contributed by atoms with van der Waals surface area (Å²) in [5.74, 6) is 1.42. The average molecular weight is 377 g/mol. The number of ether oxygens (including phenoxy) is 3. The van der Waals surface area contributed by atoms with Crippen molar-refractivity contribution in [3.63, 3.8) is 0 Å². The SMILES string of the molecule is COc1ccc(/C(C)=N/NC(=O)COc2ccc(Cl)c(C)c2)cc1OC. The van der Waals surface area contributed by atoms with Crippen LogP contribution in [0.15, 0.2) is 41.5 Å². The highest BCUT2D eigenvalue weighted by Crippen LogP contribution is 2.27. The number of hydrazone groups is 1. The molecule has 7 heteroatoms. The third kappa shape index (κ3) is 5.13. The Morgan fingerprint density at radius 1 is 1.12 bits per heavy atom. The van der Waals surface area contributed by atoms with E-state index >= 15 is 0 Å². The van der Waals surface area contributed by atoms with Gasteiger partial charge in [-0.3, -0.25) is 4.79 Å². The highest BCUT2D eigenvalue weighted by molar-refractivity contribution is 6.31. The van der Waals surface area contributed by atoms with Gasteiger partial charge in [0.05, 0.1) is 19.9 Å². The van der Waals surface area contributed by atoms with Crippen LogP contribution in [0.3, 0.4) is 0 Å². The number of carbonyl (C=O) groups is 1. The molecule has 0 bridgehead atoms. The number of amides is 1. The molecule has 0 aliphatic carbocycles. The van der Waals surface area contributed by atoms with Crippen molar-refractivity contribution in [2.75, 3.05) is 20.8 Å². The first-order valence-electron chi connectivity index (χ1n) is 7.89. The molecule has 0 radical (unpaired) electrons. The lowest BCUT2D eigenvalue weighted by molar-refractivity contribution is -0.123. The van der Waals surface area contributed by atoms with Gasteiger partial charge in [-0.15, -0.1) is 0 Å². The minimum absolute atomic E-state index is 0.149. The molecule has 0 aliphatic heterocycles. The monoisotopic (exact) mass is 376 g/mol. The van der Waals surface area contributed by atoms with Crippen LogP contribution in [0.1, 0.15) is 18.1 Å². The third-order valence-electron chi connectivity index (χ3n) is 3.65. The maximum atomic E-state index is 11.9. The summed E-state index contributed by atoms with van der Waals surface area (Å²) < 4.78 is 15.9. The van der Waals surface area contributed by atoms with Gasteiger partial charge in [0.15, 0.2) is 18.1 Å². The molecular formula is C19H21ClN2O4. The Kier molecular flexibility index (Phi) is 6.86. The van der Waals surface area contributed by atoms with Gasteiger partial charge in [-0.2, -0.15) is 5.10 Å². The summed E-state index contributed by atoms with van der Waals surface area (Å²) >= 11 is 5.96. The van der Waals surface area contributed by atoms with Gasteiger partial charge in [-0.25, -0.2) is 5.43 Å². The van der Waals surface area contributed by atoms with E-state index in [-0.39, 0.29) is 12.5 Å². The fourth-order valence-corrected chi connectivity index (χ4v) is 2.28. The van der Waals surface area contributed by atoms with Crippen LogP contribution in [0.25, 0.3) is 0 Å². The molecular weight excluding hydrogens is 356 g/mol. The van der Waals surface area contributed by atoms with Gasteiger partial charge >= 0.3 is 0 Å². The lowest BCUT2D eigenvalue weighted by atomic mass is 10.1. The Labute approximate surface area is 157 Å². The maximum absolute atomic E-state index is 11.9. The van der Waals surface area contributed by atoms with E-state index in [9.17, 15) is 4.79 Å². The number of carbonyl (C=O) groups excluding carboxylic acids is 1. The quantitative estimate of drug-likeness (QED) is 0.592. The highest BCUT2D eigenvalue weighted by atomic mass is 35.5. The average Bonchev–Trinajstić information content (AvgIpc) is 2.66. The Morgan fingerprint density at radius 3 is 2.50 bits per heavy atom. The number of benzene rings is 2. The van der Waals surface area contributed by atoms with Crippen molar-refractivity contribution in [2.45, 2.75) is 13.8 Å². The van der Waals surface area contributed by atoms with E-state index in [0.717, 1.165) is 11.1 Å². The molecule has 1 N–H and O–H groups in total. The molecule has 0 heterocycles. The molecule has 0 unspecified atom stereocenters. The number of aryl methyl sites for hydroxylation is 1. The van der Waals surface area contributed by atoms with Gasteiger partial charge in [0.2, 0.25) is 0 Å². The summed E-state index contributed by atoms with van der Waals surface area (Å²) in [4.78, 5) is 11.9. The number of hydrogen-bond acceptors (Lipinski definition) is 5. The molecule has 1 amide bonds. The Bertz CT molecular complexity index is 821. The predicted octanol–water partition coefficient (Wildman–Crippen LogP) is 3.58. The molecule has 2 aromatic carbocycles. The van der Waals surface area contributed by atoms with E-state index in [2.05, 4.69) is 10.5 Å². The smallest absolute Gasteiger partial charge is 0.277 e. The fraction of sp³-hybridized carbons (Fsp3) is 0.263. The van der Waals surface area contributed by atoms with Gasteiger partial charge in [0.1, 0.15) is 5.75 Å². The third-order valence-corrected chi connectivity index (χ3v) is 4.07. The minimum Gasteiger partial charge on any atom is -0.493 e. The molecule has 2 aromatic rings. The minimum atomic E-state index is -0.363. The van der Waals surface area contributed by atoms with Gasteiger partial charge < -0.3 is 14.2 Å². The first kappa shape index (κ1) is 19.6. The zero-order chi connectivity index (χ0) is 19.1. The van der Waals surface area contributed by atoms with Crippen LogP contribution in [-0.2, 0) is 4.79 Å². The molecule has 0 saturated carbocycles. The molecule has 0 saturated heterocycles. The highest BCUT2D eigenvalue weighted by Gasteiger charge is 2.08. The van der Waals surface area contributed by atoms with Crippen molar-refractivity contribution in [3.05, 3.63) is 52.5 Å². The van der Waals surface area contributed by atoms with E-state index in [4.69, 9.17) is 25.8 Å². The Hall–Kier alpha value is -2.73. The standard InChI is InChI=1S/C19H21ClN2O4/c1-12-9-15(6-7-16(12)20)26-11-19(23)22-21-13(2)14-5-8-17(24-3)18(10-14)25-4/h5-10H,11H2,1-4H3,(H,22,23)/b21-13+. The summed E-state index contributed by atoms with van der Waals surface area (Å²) in [7, 11) is 3.13. The summed E-state index contributed by atoms with van der Waals surface area (Å²) in [5, 5.41) is 4.74. The van der Waals surface area contributed by atoms with Gasteiger partial charge in [-0.1, -0.05) is 11.6 Å². The summed E-state index contributed by atoms with van der Waals surface area (Å²) in [6, 6.07) is 10.6. The van der Waals surface area contributed by atoms with E-state index in [1.54, 1.807) is 51.5 Å². The second kappa shape index (κ2) is 9.10. The van der Waals surface area contributed by atoms with Crippen molar-refractivity contribution >= 4 is 23.2 Å². The maximum Gasteiger partial charge on any atom is 0.277 e. The summed E-state index contributed by atoms with van der Waals surface area (Å²) in [6.07, 6.45) is 0. The Morgan fingerprint density at radius 2 is 1.85 bits per heavy atom. The summed E-state index contributed by atoms with van der Waals surface area (Å²) in [5.41, 5.74) is 4.78. The van der Waals surface area contributed by atoms with E-state index in [1.807, 2.05) is 13.0 Å². The molecule has 6 nitrogen and oxygen atoms in total. The molecule has 0 spiro atoms. The molecule has 0 aliphatic rings. The van der Waals surface area contributed by atoms with E-state index in [1.165, 1.54) is 0 Å². The van der Waals surface area contributed by atoms with Crippen LogP contribution in [0.4, 0.5) is 0 Å². The van der Waals surface area contributed by atoms with Crippen LogP contribution in [0, 0.1) is 6.92 Å². The lowest BCUT2D eigenvalue weighted by Crippen LogP contribution is -2.25. The second-order valence-corrected chi connectivity index (χ2v) is 5.91. The number of hydrogen-bond donors (Lipinski definition) is 1. The van der Waals surface area contributed by atoms with Gasteiger partial charge in [0.25, 0.3) is 5.91 Å². The summed E-state index contributed by atoms with van der Waals surface area (Å²) in [6.45, 7) is 3.50. The van der Waals surface area contributed by atoms with Crippen molar-refractivity contribution in [3.8, 4) is 17.2 Å². The normalized spacial score (nSPS) is 11.0. The second-order valence-electron chi connectivity index (χ2n) is 5.50. The first-order chi connectivity index (χ1) is 12.4. The van der Waals surface area contributed by atoms with Crippen LogP contribution in [-0.4, -0.2) is 32.4 Å². The van der Waals surface area contributed by atoms with Crippen LogP contribution in [0.2, 0.25) is 5.02 Å². The van der Waals surface area contributed by atoms with Crippen molar-refractivity contribution < 1.29 is 19.0 Å². The van der Waals surface area contributed by atoms with Gasteiger partial charge in [0, 0.05) is 10.6 Å². The zero-order valence-corrected chi connectivity index (χ0v) is 15.9. The zero-order valence-electron chi connectivity index (χ0n) is 15.1. The number of methoxy groups -OCH3 is 2. The molecule has 26 heavy (non-hydrogen) atoms. The first-order valence-corrected chi connectivity index (χ1v) is 8.27. The predicted molar refractivity (Wildman–Crippen MR) is 102 cm³/mol. The molecule has 0 aromatic heterocycles. The molecule has 138 valence electrons. The van der Waals surface area contributed by atoms with Crippen molar-refractivity contribution in [2.24, 2.45) is 5.10 Å². The number of nitrogens with one attached hydrogen (secondary N) is 1. The van der Waals surface area contributed by atoms with Gasteiger partial charge in [-0.05, 0) is 55.8 Å². The largest absolute Gasteiger partial charge is 0.493 e. The lowest BCUT2D eigenvalue weighted by Gasteiger charge is -2.10. The molecule has 2 rings (SSSR count). The Balaban J connectivity index is 1.95.